The van der Waals surface area contributed by atoms with Crippen LogP contribution in [0.15, 0.2) is 12.4 Å². The first-order valence-corrected chi connectivity index (χ1v) is 6.17. The highest BCUT2D eigenvalue weighted by molar-refractivity contribution is 8.16. The fourth-order valence-electron chi connectivity index (χ4n) is 1.40. The Hall–Kier alpha value is -0.480. The zero-order chi connectivity index (χ0) is 8.23. The average molecular weight is 184 g/mol. The average Bonchev–Trinajstić information content (AvgIpc) is 2.59. The first-order valence-electron chi connectivity index (χ1n) is 4.27. The number of aromatic nitrogens is 2. The van der Waals surface area contributed by atoms with Gasteiger partial charge in [0.25, 0.3) is 0 Å². The highest BCUT2D eigenvalue weighted by atomic mass is 32.2. The molecule has 1 aromatic rings. The Morgan fingerprint density at radius 3 is 3.00 bits per heavy atom. The Kier molecular flexibility index (Phi) is 2.68. The number of rotatable bonds is 2. The van der Waals surface area contributed by atoms with Crippen molar-refractivity contribution in [3.05, 3.63) is 18.7 Å². The third-order valence-corrected chi connectivity index (χ3v) is 4.49. The van der Waals surface area contributed by atoms with Crippen molar-refractivity contribution in [1.82, 2.24) is 14.9 Å². The smallest absolute Gasteiger partial charge is 0.177 e. The third-order valence-electron chi connectivity index (χ3n) is 2.07. The van der Waals surface area contributed by atoms with Gasteiger partial charge in [-0.1, -0.05) is 0 Å². The van der Waals surface area contributed by atoms with Gasteiger partial charge in [-0.15, -0.1) is 0 Å². The molecule has 12 heavy (non-hydrogen) atoms. The highest BCUT2D eigenvalue weighted by Gasteiger charge is 2.08. The molecule has 1 aliphatic rings. The van der Waals surface area contributed by atoms with Crippen LogP contribution in [0.2, 0.25) is 0 Å². The zero-order valence-electron chi connectivity index (χ0n) is 7.03. The topological polar surface area (TPSA) is 29.9 Å². The standard InChI is InChI=1S/C8H14N3S/c1-4-11(7-10-1)8-12-5-2-9-3-6-12/h1,4,9,12H,2-3,5-6,8H2. The summed E-state index contributed by atoms with van der Waals surface area (Å²) >= 11 is 0. The Bertz CT molecular complexity index is 216. The van der Waals surface area contributed by atoms with Crippen molar-refractivity contribution in [1.29, 1.82) is 0 Å². The molecule has 67 valence electrons. The van der Waals surface area contributed by atoms with Gasteiger partial charge in [0.05, 0.1) is 5.88 Å². The fraction of sp³-hybridized carbons (Fsp3) is 0.625. The van der Waals surface area contributed by atoms with Crippen molar-refractivity contribution in [2.75, 3.05) is 24.6 Å². The minimum atomic E-state index is 0.207. The van der Waals surface area contributed by atoms with Crippen molar-refractivity contribution < 1.29 is 0 Å². The maximum Gasteiger partial charge on any atom is 0.177 e. The zero-order valence-corrected chi connectivity index (χ0v) is 7.93. The lowest BCUT2D eigenvalue weighted by Gasteiger charge is -2.26. The minimum Gasteiger partial charge on any atom is -0.320 e. The van der Waals surface area contributed by atoms with Crippen LogP contribution in [0.5, 0.6) is 0 Å². The molecule has 0 aromatic carbocycles. The van der Waals surface area contributed by atoms with E-state index in [9.17, 15) is 0 Å². The molecule has 1 aromatic heterocycles. The molecule has 0 spiro atoms. The molecule has 0 amide bonds. The summed E-state index contributed by atoms with van der Waals surface area (Å²) in [6, 6.07) is 0. The molecule has 0 bridgehead atoms. The predicted octanol–water partition coefficient (Wildman–Crippen LogP) is 0.245. The number of nitrogens with one attached hydrogen (secondary N) is 1. The largest absolute Gasteiger partial charge is 0.320 e. The van der Waals surface area contributed by atoms with Crippen LogP contribution >= 0.6 is 10.9 Å². The van der Waals surface area contributed by atoms with Crippen molar-refractivity contribution in [3.63, 3.8) is 0 Å². The lowest BCUT2D eigenvalue weighted by Crippen LogP contribution is -2.29. The summed E-state index contributed by atoms with van der Waals surface area (Å²) in [5.74, 6) is 3.85. The number of nitrogens with zero attached hydrogens (tertiary/aromatic N) is 2. The molecular weight excluding hydrogens is 170 g/mol. The van der Waals surface area contributed by atoms with E-state index < -0.39 is 0 Å². The Morgan fingerprint density at radius 2 is 2.33 bits per heavy atom. The van der Waals surface area contributed by atoms with Crippen LogP contribution in [-0.4, -0.2) is 34.1 Å². The number of imidazole rings is 1. The van der Waals surface area contributed by atoms with Gasteiger partial charge in [0.2, 0.25) is 0 Å². The molecule has 0 aliphatic carbocycles. The first kappa shape index (κ1) is 8.13. The summed E-state index contributed by atoms with van der Waals surface area (Å²) < 4.78 is 2.08. The van der Waals surface area contributed by atoms with E-state index in [1.807, 2.05) is 6.20 Å². The van der Waals surface area contributed by atoms with Gasteiger partial charge in [-0.3, -0.25) is 0 Å². The molecule has 1 aliphatic heterocycles. The Balaban J connectivity index is 1.86. The third kappa shape index (κ3) is 2.01. The van der Waals surface area contributed by atoms with Gasteiger partial charge in [0.1, 0.15) is 0 Å². The van der Waals surface area contributed by atoms with Crippen molar-refractivity contribution in [3.8, 4) is 0 Å². The lowest BCUT2D eigenvalue weighted by atomic mass is 10.6. The minimum absolute atomic E-state index is 0.207. The van der Waals surface area contributed by atoms with Crippen LogP contribution in [0.3, 0.4) is 0 Å². The molecule has 1 N–H and O–H groups in total. The molecule has 2 rings (SSSR count). The summed E-state index contributed by atoms with van der Waals surface area (Å²) in [7, 11) is 0.207. The van der Waals surface area contributed by atoms with E-state index >= 15 is 0 Å². The van der Waals surface area contributed by atoms with Crippen LogP contribution in [0, 0.1) is 6.33 Å². The molecule has 2 heterocycles. The molecular formula is C8H14N3S. The van der Waals surface area contributed by atoms with Crippen LogP contribution in [0.1, 0.15) is 0 Å². The molecule has 3 nitrogen and oxygen atoms in total. The molecule has 0 unspecified atom stereocenters. The van der Waals surface area contributed by atoms with E-state index in [4.69, 9.17) is 0 Å². The fourth-order valence-corrected chi connectivity index (χ4v) is 3.45. The van der Waals surface area contributed by atoms with Gasteiger partial charge in [-0.25, -0.2) is 15.9 Å². The molecule has 1 fully saturated rings. The van der Waals surface area contributed by atoms with Crippen LogP contribution in [0.4, 0.5) is 0 Å². The predicted molar refractivity (Wildman–Crippen MR) is 52.7 cm³/mol. The molecule has 1 saturated heterocycles. The summed E-state index contributed by atoms with van der Waals surface area (Å²) in [6.07, 6.45) is 6.75. The highest BCUT2D eigenvalue weighted by Crippen LogP contribution is 2.27. The maximum absolute atomic E-state index is 3.92. The van der Waals surface area contributed by atoms with Crippen LogP contribution in [0.25, 0.3) is 0 Å². The summed E-state index contributed by atoms with van der Waals surface area (Å²) in [4.78, 5) is 3.92. The van der Waals surface area contributed by atoms with Gasteiger partial charge >= 0.3 is 0 Å². The molecule has 0 saturated carbocycles. The van der Waals surface area contributed by atoms with E-state index in [0.29, 0.717) is 0 Å². The monoisotopic (exact) mass is 184 g/mol. The van der Waals surface area contributed by atoms with E-state index in [2.05, 4.69) is 21.2 Å². The van der Waals surface area contributed by atoms with E-state index in [1.165, 1.54) is 24.6 Å². The van der Waals surface area contributed by atoms with Crippen molar-refractivity contribution >= 4 is 10.9 Å². The van der Waals surface area contributed by atoms with Crippen molar-refractivity contribution in [2.45, 2.75) is 5.88 Å². The number of hydrogen-bond acceptors (Lipinski definition) is 2. The van der Waals surface area contributed by atoms with E-state index in [1.54, 1.807) is 6.20 Å². The van der Waals surface area contributed by atoms with Gasteiger partial charge in [0.15, 0.2) is 6.33 Å². The molecule has 0 atom stereocenters. The summed E-state index contributed by atoms with van der Waals surface area (Å²) in [5, 5.41) is 3.38. The van der Waals surface area contributed by atoms with Gasteiger partial charge in [-0.05, 0) is 11.5 Å². The van der Waals surface area contributed by atoms with E-state index in [-0.39, 0.29) is 10.9 Å². The van der Waals surface area contributed by atoms with Gasteiger partial charge < -0.3 is 9.88 Å². The second-order valence-corrected chi connectivity index (χ2v) is 5.53. The Labute approximate surface area is 75.5 Å². The molecule has 4 heteroatoms. The quantitative estimate of drug-likeness (QED) is 0.645. The van der Waals surface area contributed by atoms with E-state index in [0.717, 1.165) is 5.88 Å². The lowest BCUT2D eigenvalue weighted by molar-refractivity contribution is 0.742. The molecule has 1 radical (unpaired) electrons. The van der Waals surface area contributed by atoms with Gasteiger partial charge in [-0.2, -0.15) is 0 Å². The second-order valence-electron chi connectivity index (χ2n) is 3.01. The van der Waals surface area contributed by atoms with Gasteiger partial charge in [0, 0.05) is 25.5 Å². The van der Waals surface area contributed by atoms with Crippen LogP contribution in [-0.2, 0) is 5.88 Å². The normalized spacial score (nSPS) is 21.2. The number of hydrogen-bond donors (Lipinski definition) is 2. The number of thiol groups is 1. The summed E-state index contributed by atoms with van der Waals surface area (Å²) in [6.45, 7) is 2.39. The second kappa shape index (κ2) is 3.96. The maximum atomic E-state index is 3.92. The van der Waals surface area contributed by atoms with Crippen LogP contribution < -0.4 is 5.32 Å². The van der Waals surface area contributed by atoms with Crippen molar-refractivity contribution in [2.24, 2.45) is 0 Å². The first-order chi connectivity index (χ1) is 5.95. The summed E-state index contributed by atoms with van der Waals surface area (Å²) in [5.41, 5.74) is 0. The Morgan fingerprint density at radius 1 is 1.50 bits per heavy atom. The SMILES string of the molecule is [c]1nccn1C[SH]1CCNCC1.